The van der Waals surface area contributed by atoms with Gasteiger partial charge in [0.1, 0.15) is 10.8 Å². The monoisotopic (exact) mass is 503 g/mol. The maximum atomic E-state index is 13.1. The molecule has 0 N–H and O–H groups in total. The zero-order chi connectivity index (χ0) is 23.2. The number of piperazine rings is 1. The van der Waals surface area contributed by atoms with Crippen LogP contribution in [-0.2, 0) is 11.3 Å². The third-order valence-corrected chi connectivity index (χ3v) is 6.39. The first-order valence-corrected chi connectivity index (χ1v) is 11.6. The fourth-order valence-corrected chi connectivity index (χ4v) is 4.53. The van der Waals surface area contributed by atoms with Crippen molar-refractivity contribution in [3.05, 3.63) is 70.3 Å². The van der Waals surface area contributed by atoms with E-state index < -0.39 is 0 Å². The van der Waals surface area contributed by atoms with Gasteiger partial charge in [-0.25, -0.2) is 9.37 Å². The molecule has 2 aromatic carbocycles. The molecule has 1 aliphatic heterocycles. The summed E-state index contributed by atoms with van der Waals surface area (Å²) < 4.78 is 23.7. The lowest BCUT2D eigenvalue weighted by molar-refractivity contribution is -0.127. The number of thiazole rings is 1. The topological polar surface area (TPSA) is 54.9 Å². The second-order valence-corrected chi connectivity index (χ2v) is 8.63. The minimum Gasteiger partial charge on any atom is -0.493 e. The van der Waals surface area contributed by atoms with Crippen LogP contribution in [0.3, 0.4) is 0 Å². The van der Waals surface area contributed by atoms with Crippen molar-refractivity contribution < 1.29 is 18.7 Å². The third-order valence-electron chi connectivity index (χ3n) is 5.56. The van der Waals surface area contributed by atoms with Gasteiger partial charge in [0.15, 0.2) is 11.5 Å². The van der Waals surface area contributed by atoms with E-state index in [1.807, 2.05) is 28.5 Å². The van der Waals surface area contributed by atoms with Gasteiger partial charge < -0.3 is 14.4 Å². The Hall–Kier alpha value is -2.94. The molecule has 0 unspecified atom stereocenters. The molecule has 2 heterocycles. The number of aromatic nitrogens is 1. The third kappa shape index (κ3) is 6.34. The summed E-state index contributed by atoms with van der Waals surface area (Å²) in [6.45, 7) is 3.68. The number of carbonyl (C=O) groups excluding carboxylic acids is 1. The number of rotatable bonds is 7. The smallest absolute Gasteiger partial charge is 0.246 e. The Bertz CT molecular complexity index is 1130. The highest BCUT2D eigenvalue weighted by Gasteiger charge is 2.20. The number of ether oxygens (including phenoxy) is 2. The van der Waals surface area contributed by atoms with Crippen LogP contribution >= 0.6 is 23.7 Å². The van der Waals surface area contributed by atoms with E-state index in [0.717, 1.165) is 41.5 Å². The number of amides is 1. The summed E-state index contributed by atoms with van der Waals surface area (Å²) in [7, 11) is 3.18. The number of carbonyl (C=O) groups is 1. The molecule has 0 spiro atoms. The molecule has 0 aliphatic carbocycles. The molecule has 0 radical (unpaired) electrons. The van der Waals surface area contributed by atoms with E-state index in [1.54, 1.807) is 49.8 Å². The minimum absolute atomic E-state index is 0. The maximum absolute atomic E-state index is 13.1. The predicted molar refractivity (Wildman–Crippen MR) is 135 cm³/mol. The van der Waals surface area contributed by atoms with Gasteiger partial charge >= 0.3 is 0 Å². The Morgan fingerprint density at radius 3 is 2.44 bits per heavy atom. The molecule has 4 rings (SSSR count). The van der Waals surface area contributed by atoms with Crippen LogP contribution in [0.2, 0.25) is 0 Å². The number of hydrogen-bond donors (Lipinski definition) is 0. The Labute approximate surface area is 209 Å². The summed E-state index contributed by atoms with van der Waals surface area (Å²) in [5.41, 5.74) is 2.65. The highest BCUT2D eigenvalue weighted by Crippen LogP contribution is 2.28. The van der Waals surface area contributed by atoms with E-state index in [9.17, 15) is 9.18 Å². The summed E-state index contributed by atoms with van der Waals surface area (Å²) in [5.74, 6) is 1.03. The first-order chi connectivity index (χ1) is 16.1. The number of halogens is 2. The van der Waals surface area contributed by atoms with Crippen molar-refractivity contribution >= 4 is 35.7 Å². The molecule has 3 aromatic rings. The van der Waals surface area contributed by atoms with Crippen LogP contribution in [0.15, 0.2) is 53.9 Å². The van der Waals surface area contributed by atoms with Crippen molar-refractivity contribution in [3.63, 3.8) is 0 Å². The molecule has 1 aromatic heterocycles. The second-order valence-electron chi connectivity index (χ2n) is 7.68. The van der Waals surface area contributed by atoms with E-state index >= 15 is 0 Å². The maximum Gasteiger partial charge on any atom is 0.246 e. The number of methoxy groups -OCH3 is 2. The molecule has 6 nitrogen and oxygen atoms in total. The van der Waals surface area contributed by atoms with E-state index in [2.05, 4.69) is 4.90 Å². The Balaban J connectivity index is 0.00000324. The molecular weight excluding hydrogens is 477 g/mol. The van der Waals surface area contributed by atoms with Crippen LogP contribution in [-0.4, -0.2) is 61.1 Å². The minimum atomic E-state index is -0.250. The van der Waals surface area contributed by atoms with Crippen molar-refractivity contribution in [2.45, 2.75) is 6.54 Å². The van der Waals surface area contributed by atoms with Gasteiger partial charge in [0.2, 0.25) is 5.91 Å². The van der Waals surface area contributed by atoms with E-state index in [0.29, 0.717) is 24.6 Å². The van der Waals surface area contributed by atoms with Crippen molar-refractivity contribution in [2.24, 2.45) is 0 Å². The predicted octanol–water partition coefficient (Wildman–Crippen LogP) is 4.75. The van der Waals surface area contributed by atoms with Crippen LogP contribution in [0.5, 0.6) is 11.5 Å². The van der Waals surface area contributed by atoms with Crippen molar-refractivity contribution in [3.8, 4) is 22.8 Å². The number of hydrogen-bond acceptors (Lipinski definition) is 6. The highest BCUT2D eigenvalue weighted by atomic mass is 35.5. The quantitative estimate of drug-likeness (QED) is 0.436. The van der Waals surface area contributed by atoms with E-state index in [1.165, 1.54) is 12.1 Å². The average Bonchev–Trinajstić information content (AvgIpc) is 3.31. The molecule has 180 valence electrons. The molecule has 0 bridgehead atoms. The first-order valence-electron chi connectivity index (χ1n) is 10.7. The molecule has 0 atom stereocenters. The van der Waals surface area contributed by atoms with Crippen molar-refractivity contribution in [1.82, 2.24) is 14.8 Å². The molecule has 34 heavy (non-hydrogen) atoms. The Morgan fingerprint density at radius 1 is 1.06 bits per heavy atom. The summed E-state index contributed by atoms with van der Waals surface area (Å²) in [6.07, 6.45) is 3.40. The van der Waals surface area contributed by atoms with E-state index in [-0.39, 0.29) is 24.1 Å². The first kappa shape index (κ1) is 25.7. The Morgan fingerprint density at radius 2 is 1.76 bits per heavy atom. The Kier molecular flexibility index (Phi) is 9.04. The zero-order valence-electron chi connectivity index (χ0n) is 19.1. The van der Waals surface area contributed by atoms with Gasteiger partial charge in [-0.2, -0.15) is 0 Å². The molecule has 1 fully saturated rings. The standard InChI is InChI=1S/C25H26FN3O3S.ClH/c1-31-22-9-3-18(15-23(22)32-2)4-10-25(30)29-13-11-28(12-14-29)16-24-27-21(17-33-24)19-5-7-20(26)8-6-19;/h3-10,15,17H,11-14,16H2,1-2H3;1H/b10-4+;. The van der Waals surface area contributed by atoms with Gasteiger partial charge in [-0.15, -0.1) is 23.7 Å². The van der Waals surface area contributed by atoms with Gasteiger partial charge in [-0.1, -0.05) is 6.07 Å². The fourth-order valence-electron chi connectivity index (χ4n) is 3.68. The summed E-state index contributed by atoms with van der Waals surface area (Å²) in [4.78, 5) is 21.5. The lowest BCUT2D eigenvalue weighted by atomic mass is 10.2. The summed E-state index contributed by atoms with van der Waals surface area (Å²) in [6, 6.07) is 11.9. The molecule has 9 heteroatoms. The van der Waals surface area contributed by atoms with Gasteiger partial charge in [-0.3, -0.25) is 9.69 Å². The molecule has 1 saturated heterocycles. The van der Waals surface area contributed by atoms with E-state index in [4.69, 9.17) is 14.5 Å². The summed E-state index contributed by atoms with van der Waals surface area (Å²) >= 11 is 1.60. The molecule has 0 saturated carbocycles. The van der Waals surface area contributed by atoms with Crippen LogP contribution < -0.4 is 9.47 Å². The van der Waals surface area contributed by atoms with Crippen LogP contribution in [0.4, 0.5) is 4.39 Å². The van der Waals surface area contributed by atoms with Gasteiger partial charge in [0, 0.05) is 43.2 Å². The zero-order valence-corrected chi connectivity index (χ0v) is 20.7. The normalized spacial score (nSPS) is 14.1. The molecular formula is C25H27ClFN3O3S. The molecule has 1 amide bonds. The highest BCUT2D eigenvalue weighted by molar-refractivity contribution is 7.09. The second kappa shape index (κ2) is 12.0. The van der Waals surface area contributed by atoms with Crippen LogP contribution in [0.1, 0.15) is 10.6 Å². The lowest BCUT2D eigenvalue weighted by Crippen LogP contribution is -2.47. The lowest BCUT2D eigenvalue weighted by Gasteiger charge is -2.33. The van der Waals surface area contributed by atoms with Crippen molar-refractivity contribution in [2.75, 3.05) is 40.4 Å². The number of nitrogens with zero attached hydrogens (tertiary/aromatic N) is 3. The fraction of sp³-hybridized carbons (Fsp3) is 0.280. The van der Waals surface area contributed by atoms with Crippen LogP contribution in [0.25, 0.3) is 17.3 Å². The van der Waals surface area contributed by atoms with Gasteiger partial charge in [0.25, 0.3) is 0 Å². The van der Waals surface area contributed by atoms with Gasteiger partial charge in [0.05, 0.1) is 26.5 Å². The van der Waals surface area contributed by atoms with Gasteiger partial charge in [-0.05, 0) is 48.0 Å². The largest absolute Gasteiger partial charge is 0.493 e. The van der Waals surface area contributed by atoms with Crippen molar-refractivity contribution in [1.29, 1.82) is 0 Å². The SMILES string of the molecule is COc1ccc(/C=C/C(=O)N2CCN(Cc3nc(-c4ccc(F)cc4)cs3)CC2)cc1OC.Cl. The number of benzene rings is 2. The molecule has 1 aliphatic rings. The average molecular weight is 504 g/mol. The summed E-state index contributed by atoms with van der Waals surface area (Å²) in [5, 5.41) is 3.02. The van der Waals surface area contributed by atoms with Crippen LogP contribution in [0, 0.1) is 5.82 Å².